The number of para-hydroxylation sites is 1. The maximum absolute atomic E-state index is 11.8. The molecule has 0 heterocycles. The van der Waals surface area contributed by atoms with Gasteiger partial charge >= 0.3 is 6.09 Å². The summed E-state index contributed by atoms with van der Waals surface area (Å²) in [7, 11) is 1.58. The zero-order chi connectivity index (χ0) is 21.7. The van der Waals surface area contributed by atoms with Crippen LogP contribution in [-0.2, 0) is 14.3 Å². The standard InChI is InChI=1S/C21H31N3O5/c1-21(2,3)29-20(27)24-15-12-19(26)23-14-7-13-22-18(25)11-10-16-8-5-6-9-17(16)28-4/h5-6,8-11H,7,12-15H2,1-4H3,(H,22,25)(H,23,26)(H,24,27)/b11-10+. The molecule has 160 valence electrons. The summed E-state index contributed by atoms with van der Waals surface area (Å²) in [5, 5.41) is 8.01. The highest BCUT2D eigenvalue weighted by atomic mass is 16.6. The monoisotopic (exact) mass is 405 g/mol. The summed E-state index contributed by atoms with van der Waals surface area (Å²) < 4.78 is 10.3. The van der Waals surface area contributed by atoms with E-state index in [1.807, 2.05) is 24.3 Å². The van der Waals surface area contributed by atoms with Crippen LogP contribution >= 0.6 is 0 Å². The van der Waals surface area contributed by atoms with Gasteiger partial charge in [-0.15, -0.1) is 0 Å². The lowest BCUT2D eigenvalue weighted by atomic mass is 10.2. The minimum absolute atomic E-state index is 0.160. The molecule has 0 aliphatic carbocycles. The number of carbonyl (C=O) groups excluding carboxylic acids is 3. The largest absolute Gasteiger partial charge is 0.496 e. The van der Waals surface area contributed by atoms with Crippen LogP contribution in [0.2, 0.25) is 0 Å². The van der Waals surface area contributed by atoms with Crippen molar-refractivity contribution < 1.29 is 23.9 Å². The number of ether oxygens (including phenoxy) is 2. The zero-order valence-electron chi connectivity index (χ0n) is 17.5. The molecule has 1 rings (SSSR count). The average Bonchev–Trinajstić information content (AvgIpc) is 2.64. The first-order valence-electron chi connectivity index (χ1n) is 9.54. The molecule has 0 bridgehead atoms. The second-order valence-electron chi connectivity index (χ2n) is 7.25. The van der Waals surface area contributed by atoms with E-state index in [1.165, 1.54) is 6.08 Å². The van der Waals surface area contributed by atoms with E-state index < -0.39 is 11.7 Å². The minimum atomic E-state index is -0.570. The van der Waals surface area contributed by atoms with Crippen molar-refractivity contribution in [2.45, 2.75) is 39.2 Å². The Morgan fingerprint density at radius 3 is 2.38 bits per heavy atom. The molecule has 0 unspecified atom stereocenters. The van der Waals surface area contributed by atoms with Gasteiger partial charge in [-0.25, -0.2) is 4.79 Å². The molecule has 8 nitrogen and oxygen atoms in total. The van der Waals surface area contributed by atoms with Crippen LogP contribution in [0.1, 0.15) is 39.2 Å². The van der Waals surface area contributed by atoms with E-state index in [0.29, 0.717) is 25.3 Å². The molecule has 0 aliphatic heterocycles. The first kappa shape index (κ1) is 24.0. The van der Waals surface area contributed by atoms with Gasteiger partial charge in [-0.3, -0.25) is 9.59 Å². The number of amides is 3. The SMILES string of the molecule is COc1ccccc1/C=C/C(=O)NCCCNC(=O)CCNC(=O)OC(C)(C)C. The Morgan fingerprint density at radius 1 is 1.00 bits per heavy atom. The number of hydrogen-bond donors (Lipinski definition) is 3. The molecule has 1 aromatic carbocycles. The van der Waals surface area contributed by atoms with Crippen LogP contribution in [0, 0.1) is 0 Å². The lowest BCUT2D eigenvalue weighted by molar-refractivity contribution is -0.120. The fourth-order valence-electron chi connectivity index (χ4n) is 2.24. The second-order valence-corrected chi connectivity index (χ2v) is 7.25. The quantitative estimate of drug-likeness (QED) is 0.409. The Labute approximate surface area is 172 Å². The molecule has 0 aliphatic rings. The Balaban J connectivity index is 2.14. The lowest BCUT2D eigenvalue weighted by Crippen LogP contribution is -2.35. The molecule has 0 radical (unpaired) electrons. The predicted octanol–water partition coefficient (Wildman–Crippen LogP) is 2.25. The minimum Gasteiger partial charge on any atom is -0.496 e. The highest BCUT2D eigenvalue weighted by molar-refractivity contribution is 5.92. The van der Waals surface area contributed by atoms with E-state index in [2.05, 4.69) is 16.0 Å². The van der Waals surface area contributed by atoms with Gasteiger partial charge in [0.15, 0.2) is 0 Å². The van der Waals surface area contributed by atoms with Gasteiger partial charge in [0.05, 0.1) is 7.11 Å². The molecule has 0 spiro atoms. The maximum Gasteiger partial charge on any atom is 0.407 e. The predicted molar refractivity (Wildman–Crippen MR) is 112 cm³/mol. The Bertz CT molecular complexity index is 711. The van der Waals surface area contributed by atoms with Crippen molar-refractivity contribution in [3.63, 3.8) is 0 Å². The van der Waals surface area contributed by atoms with Crippen LogP contribution in [0.4, 0.5) is 4.79 Å². The third-order valence-corrected chi connectivity index (χ3v) is 3.55. The number of alkyl carbamates (subject to hydrolysis) is 1. The van der Waals surface area contributed by atoms with Crippen molar-refractivity contribution in [2.24, 2.45) is 0 Å². The van der Waals surface area contributed by atoms with Crippen LogP contribution in [0.3, 0.4) is 0 Å². The van der Waals surface area contributed by atoms with Gasteiger partial charge in [-0.05, 0) is 39.3 Å². The van der Waals surface area contributed by atoms with Crippen LogP contribution in [0.5, 0.6) is 5.75 Å². The van der Waals surface area contributed by atoms with E-state index in [-0.39, 0.29) is 24.8 Å². The Hall–Kier alpha value is -3.03. The molecule has 3 N–H and O–H groups in total. The molecule has 0 saturated heterocycles. The molecular weight excluding hydrogens is 374 g/mol. The Kier molecular flexibility index (Phi) is 10.3. The molecular formula is C21H31N3O5. The fourth-order valence-corrected chi connectivity index (χ4v) is 2.24. The van der Waals surface area contributed by atoms with Crippen molar-refractivity contribution in [2.75, 3.05) is 26.7 Å². The van der Waals surface area contributed by atoms with Crippen LogP contribution in [-0.4, -0.2) is 50.3 Å². The first-order valence-corrected chi connectivity index (χ1v) is 9.54. The van der Waals surface area contributed by atoms with E-state index in [0.717, 1.165) is 5.56 Å². The van der Waals surface area contributed by atoms with Crippen LogP contribution < -0.4 is 20.7 Å². The maximum atomic E-state index is 11.8. The second kappa shape index (κ2) is 12.4. The van der Waals surface area contributed by atoms with Crippen molar-refractivity contribution >= 4 is 24.0 Å². The van der Waals surface area contributed by atoms with Crippen molar-refractivity contribution in [3.8, 4) is 5.75 Å². The van der Waals surface area contributed by atoms with Gasteiger partial charge < -0.3 is 25.4 Å². The molecule has 29 heavy (non-hydrogen) atoms. The number of rotatable bonds is 10. The summed E-state index contributed by atoms with van der Waals surface area (Å²) >= 11 is 0. The van der Waals surface area contributed by atoms with E-state index in [9.17, 15) is 14.4 Å². The molecule has 0 fully saturated rings. The van der Waals surface area contributed by atoms with Gasteiger partial charge in [0.2, 0.25) is 11.8 Å². The highest BCUT2D eigenvalue weighted by Crippen LogP contribution is 2.18. The van der Waals surface area contributed by atoms with Gasteiger partial charge in [-0.2, -0.15) is 0 Å². The molecule has 8 heteroatoms. The van der Waals surface area contributed by atoms with E-state index in [4.69, 9.17) is 9.47 Å². The molecule has 0 atom stereocenters. The summed E-state index contributed by atoms with van der Waals surface area (Å²) in [5.41, 5.74) is 0.247. The van der Waals surface area contributed by atoms with Crippen LogP contribution in [0.15, 0.2) is 30.3 Å². The van der Waals surface area contributed by atoms with E-state index in [1.54, 1.807) is 34.0 Å². The number of carbonyl (C=O) groups is 3. The van der Waals surface area contributed by atoms with Crippen molar-refractivity contribution in [3.05, 3.63) is 35.9 Å². The number of hydrogen-bond acceptors (Lipinski definition) is 5. The number of methoxy groups -OCH3 is 1. The lowest BCUT2D eigenvalue weighted by Gasteiger charge is -2.19. The molecule has 0 aromatic heterocycles. The fraction of sp³-hybridized carbons (Fsp3) is 0.476. The van der Waals surface area contributed by atoms with Gasteiger partial charge in [0, 0.05) is 37.7 Å². The summed E-state index contributed by atoms with van der Waals surface area (Å²) in [6, 6.07) is 7.41. The highest BCUT2D eigenvalue weighted by Gasteiger charge is 2.15. The summed E-state index contributed by atoms with van der Waals surface area (Å²) in [4.78, 5) is 35.0. The summed E-state index contributed by atoms with van der Waals surface area (Å²) in [6.45, 7) is 6.38. The number of nitrogens with one attached hydrogen (secondary N) is 3. The number of benzene rings is 1. The molecule has 1 aromatic rings. The first-order chi connectivity index (χ1) is 13.7. The van der Waals surface area contributed by atoms with Crippen molar-refractivity contribution in [1.29, 1.82) is 0 Å². The molecule has 0 saturated carbocycles. The van der Waals surface area contributed by atoms with Gasteiger partial charge in [0.25, 0.3) is 0 Å². The van der Waals surface area contributed by atoms with Crippen LogP contribution in [0.25, 0.3) is 6.08 Å². The third kappa shape index (κ3) is 11.4. The molecule has 3 amide bonds. The van der Waals surface area contributed by atoms with E-state index >= 15 is 0 Å². The smallest absolute Gasteiger partial charge is 0.407 e. The zero-order valence-corrected chi connectivity index (χ0v) is 17.5. The van der Waals surface area contributed by atoms with Crippen molar-refractivity contribution in [1.82, 2.24) is 16.0 Å². The average molecular weight is 405 g/mol. The summed E-state index contributed by atoms with van der Waals surface area (Å²) in [6.07, 6.45) is 3.34. The topological polar surface area (TPSA) is 106 Å². The normalized spacial score (nSPS) is 11.0. The van der Waals surface area contributed by atoms with Gasteiger partial charge in [-0.1, -0.05) is 18.2 Å². The summed E-state index contributed by atoms with van der Waals surface area (Å²) in [5.74, 6) is 0.299. The third-order valence-electron chi connectivity index (χ3n) is 3.55. The Morgan fingerprint density at radius 2 is 1.69 bits per heavy atom. The van der Waals surface area contributed by atoms with Gasteiger partial charge in [0.1, 0.15) is 11.4 Å².